The minimum absolute atomic E-state index is 0.159. The van der Waals surface area contributed by atoms with Gasteiger partial charge in [0.1, 0.15) is 0 Å². The summed E-state index contributed by atoms with van der Waals surface area (Å²) in [5.41, 5.74) is 4.35. The Morgan fingerprint density at radius 3 is 2.32 bits per heavy atom. The average Bonchev–Trinajstić information content (AvgIpc) is 2.49. The van der Waals surface area contributed by atoms with Crippen molar-refractivity contribution in [3.05, 3.63) is 35.4 Å². The number of nitrogens with two attached hydrogens (primary N) is 1. The molecule has 1 aromatic carbocycles. The molecule has 1 aromatic rings. The molecule has 3 N–H and O–H groups in total. The lowest BCUT2D eigenvalue weighted by Gasteiger charge is -2.17. The number of alkyl halides is 3. The number of halogens is 3. The molecule has 0 unspecified atom stereocenters. The van der Waals surface area contributed by atoms with Gasteiger partial charge in [-0.15, -0.1) is 0 Å². The van der Waals surface area contributed by atoms with Gasteiger partial charge in [-0.05, 0) is 42.7 Å². The number of rotatable bonds is 5. The number of hydrogen-bond donors (Lipinski definition) is 2. The first-order valence-electron chi connectivity index (χ1n) is 6.17. The summed E-state index contributed by atoms with van der Waals surface area (Å²) < 4.78 is 37.2. The standard InChI is InChI=1S/C13H15F3N2O3S/c1-22-7-6-10(17)12(20)18(21)11(19)8-2-4-9(5-3-8)13(14,15)16/h2-5,10,21H,6-7,17H2,1H3/t10-/m0/s1. The largest absolute Gasteiger partial charge is 0.416 e. The van der Waals surface area contributed by atoms with Gasteiger partial charge in [-0.3, -0.25) is 14.8 Å². The van der Waals surface area contributed by atoms with Crippen molar-refractivity contribution in [2.75, 3.05) is 12.0 Å². The predicted octanol–water partition coefficient (Wildman–Crippen LogP) is 2.14. The molecular weight excluding hydrogens is 321 g/mol. The second-order valence-corrected chi connectivity index (χ2v) is 5.40. The van der Waals surface area contributed by atoms with Crippen LogP contribution in [0, 0.1) is 0 Å². The Morgan fingerprint density at radius 2 is 1.86 bits per heavy atom. The summed E-state index contributed by atoms with van der Waals surface area (Å²) in [7, 11) is 0. The van der Waals surface area contributed by atoms with Gasteiger partial charge in [-0.1, -0.05) is 0 Å². The van der Waals surface area contributed by atoms with Crippen LogP contribution in [0.15, 0.2) is 24.3 Å². The topological polar surface area (TPSA) is 83.6 Å². The monoisotopic (exact) mass is 336 g/mol. The van der Waals surface area contributed by atoms with Gasteiger partial charge >= 0.3 is 6.18 Å². The first kappa shape index (κ1) is 18.5. The third-order valence-electron chi connectivity index (χ3n) is 2.81. The van der Waals surface area contributed by atoms with Gasteiger partial charge in [0.05, 0.1) is 11.6 Å². The minimum Gasteiger partial charge on any atom is -0.320 e. The zero-order valence-corrected chi connectivity index (χ0v) is 12.4. The lowest BCUT2D eigenvalue weighted by atomic mass is 10.1. The van der Waals surface area contributed by atoms with Crippen molar-refractivity contribution in [1.29, 1.82) is 0 Å². The molecule has 5 nitrogen and oxygen atoms in total. The van der Waals surface area contributed by atoms with Gasteiger partial charge in [-0.25, -0.2) is 0 Å². The number of hydrogen-bond acceptors (Lipinski definition) is 5. The molecule has 0 aliphatic rings. The predicted molar refractivity (Wildman–Crippen MR) is 75.4 cm³/mol. The number of hydroxylamine groups is 2. The lowest BCUT2D eigenvalue weighted by molar-refractivity contribution is -0.155. The molecule has 9 heteroatoms. The summed E-state index contributed by atoms with van der Waals surface area (Å²) in [6, 6.07) is 2.10. The third kappa shape index (κ3) is 4.72. The van der Waals surface area contributed by atoms with Crippen LogP contribution in [-0.4, -0.2) is 40.1 Å². The molecule has 22 heavy (non-hydrogen) atoms. The van der Waals surface area contributed by atoms with Gasteiger partial charge in [-0.2, -0.15) is 30.0 Å². The van der Waals surface area contributed by atoms with E-state index in [1.807, 2.05) is 0 Å². The van der Waals surface area contributed by atoms with Crippen LogP contribution in [0.3, 0.4) is 0 Å². The maximum atomic E-state index is 12.4. The van der Waals surface area contributed by atoms with Crippen molar-refractivity contribution in [2.24, 2.45) is 5.73 Å². The molecule has 0 aliphatic carbocycles. The third-order valence-corrected chi connectivity index (χ3v) is 3.45. The number of carbonyl (C=O) groups excluding carboxylic acids is 2. The van der Waals surface area contributed by atoms with E-state index in [-0.39, 0.29) is 17.0 Å². The summed E-state index contributed by atoms with van der Waals surface area (Å²) in [6.07, 6.45) is -2.46. The van der Waals surface area contributed by atoms with E-state index in [2.05, 4.69) is 0 Å². The molecule has 0 bridgehead atoms. The van der Waals surface area contributed by atoms with Gasteiger partial charge in [0.2, 0.25) is 0 Å². The van der Waals surface area contributed by atoms with E-state index in [9.17, 15) is 28.0 Å². The molecule has 2 amide bonds. The van der Waals surface area contributed by atoms with E-state index in [4.69, 9.17) is 5.73 Å². The van der Waals surface area contributed by atoms with Crippen LogP contribution >= 0.6 is 11.8 Å². The summed E-state index contributed by atoms with van der Waals surface area (Å²) in [4.78, 5) is 23.6. The normalized spacial score (nSPS) is 12.8. The van der Waals surface area contributed by atoms with Crippen LogP contribution in [0.2, 0.25) is 0 Å². The molecule has 0 radical (unpaired) electrons. The van der Waals surface area contributed by atoms with Crippen molar-refractivity contribution < 1.29 is 28.0 Å². The Kier molecular flexibility index (Phi) is 6.39. The van der Waals surface area contributed by atoms with E-state index in [1.165, 1.54) is 11.8 Å². The molecular formula is C13H15F3N2O3S. The second-order valence-electron chi connectivity index (χ2n) is 4.42. The fourth-order valence-electron chi connectivity index (χ4n) is 1.55. The van der Waals surface area contributed by atoms with Gasteiger partial charge < -0.3 is 5.73 Å². The molecule has 1 atom stereocenters. The van der Waals surface area contributed by atoms with Crippen molar-refractivity contribution in [1.82, 2.24) is 5.06 Å². The number of nitrogens with zero attached hydrogens (tertiary/aromatic N) is 1. The molecule has 122 valence electrons. The summed E-state index contributed by atoms with van der Waals surface area (Å²) in [6.45, 7) is 0. The van der Waals surface area contributed by atoms with E-state index < -0.39 is 29.6 Å². The van der Waals surface area contributed by atoms with E-state index in [1.54, 1.807) is 6.26 Å². The highest BCUT2D eigenvalue weighted by molar-refractivity contribution is 7.98. The summed E-state index contributed by atoms with van der Waals surface area (Å²) >= 11 is 1.44. The number of benzene rings is 1. The molecule has 0 saturated carbocycles. The summed E-state index contributed by atoms with van der Waals surface area (Å²) in [5.74, 6) is -1.56. The Morgan fingerprint density at radius 1 is 1.32 bits per heavy atom. The van der Waals surface area contributed by atoms with Crippen LogP contribution < -0.4 is 5.73 Å². The Labute approximate surface area is 129 Å². The van der Waals surface area contributed by atoms with E-state index in [0.29, 0.717) is 17.9 Å². The van der Waals surface area contributed by atoms with Crippen molar-refractivity contribution in [3.8, 4) is 0 Å². The first-order chi connectivity index (χ1) is 10.2. The number of carbonyl (C=O) groups is 2. The van der Waals surface area contributed by atoms with Crippen LogP contribution in [0.25, 0.3) is 0 Å². The van der Waals surface area contributed by atoms with Crippen LogP contribution in [0.1, 0.15) is 22.3 Å². The number of amides is 2. The molecule has 1 rings (SSSR count). The fraction of sp³-hybridized carbons (Fsp3) is 0.385. The summed E-state index contributed by atoms with van der Waals surface area (Å²) in [5, 5.41) is 9.40. The first-order valence-corrected chi connectivity index (χ1v) is 7.56. The van der Waals surface area contributed by atoms with Gasteiger partial charge in [0.25, 0.3) is 11.8 Å². The molecule has 0 heterocycles. The highest BCUT2D eigenvalue weighted by atomic mass is 32.2. The van der Waals surface area contributed by atoms with E-state index in [0.717, 1.165) is 12.1 Å². The van der Waals surface area contributed by atoms with Crippen LogP contribution in [0.4, 0.5) is 13.2 Å². The van der Waals surface area contributed by atoms with Crippen LogP contribution in [-0.2, 0) is 11.0 Å². The highest BCUT2D eigenvalue weighted by Crippen LogP contribution is 2.29. The Hall–Kier alpha value is -1.58. The average molecular weight is 336 g/mol. The number of thioether (sulfide) groups is 1. The Balaban J connectivity index is 2.80. The van der Waals surface area contributed by atoms with Crippen molar-refractivity contribution >= 4 is 23.6 Å². The molecule has 0 aliphatic heterocycles. The molecule has 0 fully saturated rings. The van der Waals surface area contributed by atoms with Crippen LogP contribution in [0.5, 0.6) is 0 Å². The Bertz CT molecular complexity index is 534. The minimum atomic E-state index is -4.53. The maximum Gasteiger partial charge on any atom is 0.416 e. The van der Waals surface area contributed by atoms with Crippen molar-refractivity contribution in [2.45, 2.75) is 18.6 Å². The lowest BCUT2D eigenvalue weighted by Crippen LogP contribution is -2.45. The van der Waals surface area contributed by atoms with E-state index >= 15 is 0 Å². The zero-order chi connectivity index (χ0) is 16.9. The van der Waals surface area contributed by atoms with Crippen molar-refractivity contribution in [3.63, 3.8) is 0 Å². The SMILES string of the molecule is CSCC[C@H](N)C(=O)N(O)C(=O)c1ccc(C(F)(F)F)cc1. The van der Waals surface area contributed by atoms with Gasteiger partial charge in [0.15, 0.2) is 0 Å². The molecule has 0 saturated heterocycles. The quantitative estimate of drug-likeness (QED) is 0.636. The fourth-order valence-corrected chi connectivity index (χ4v) is 2.04. The smallest absolute Gasteiger partial charge is 0.320 e. The second kappa shape index (κ2) is 7.61. The molecule has 0 aromatic heterocycles. The molecule has 0 spiro atoms. The number of imide groups is 1. The highest BCUT2D eigenvalue weighted by Gasteiger charge is 2.31. The maximum absolute atomic E-state index is 12.4. The zero-order valence-electron chi connectivity index (χ0n) is 11.6. The van der Waals surface area contributed by atoms with Gasteiger partial charge in [0, 0.05) is 5.56 Å².